The summed E-state index contributed by atoms with van der Waals surface area (Å²) in [5, 5.41) is 22.6. The molecule has 0 aromatic carbocycles. The molecule has 4 heteroatoms. The van der Waals surface area contributed by atoms with Gasteiger partial charge in [-0.15, -0.1) is 0 Å². The fourth-order valence-electron chi connectivity index (χ4n) is 0. The van der Waals surface area contributed by atoms with E-state index < -0.39 is 0 Å². The molecule has 0 aromatic heterocycles. The molecule has 0 saturated heterocycles. The standard InChI is InChI=1S/C2H6O2.CHNS/c3-1-2-4;2-1-3/h3-4H,1-2H2;2H. The minimum atomic E-state index is -0.125. The van der Waals surface area contributed by atoms with Crippen LogP contribution in [0.3, 0.4) is 0 Å². The Bertz CT molecular complexity index is 48.9. The molecule has 0 fully saturated rings. The molecule has 0 amide bonds. The second-order valence-corrected chi connectivity index (χ2v) is 0.753. The van der Waals surface area contributed by atoms with Crippen LogP contribution in [0.4, 0.5) is 0 Å². The Morgan fingerprint density at radius 3 is 1.57 bits per heavy atom. The van der Waals surface area contributed by atoms with Gasteiger partial charge >= 0.3 is 0 Å². The molecule has 7 heavy (non-hydrogen) atoms. The summed E-state index contributed by atoms with van der Waals surface area (Å²) in [7, 11) is 0. The Morgan fingerprint density at radius 1 is 1.43 bits per heavy atom. The van der Waals surface area contributed by atoms with E-state index in [2.05, 4.69) is 12.2 Å². The van der Waals surface area contributed by atoms with Gasteiger partial charge in [0.1, 0.15) is 0 Å². The summed E-state index contributed by atoms with van der Waals surface area (Å²) in [4.78, 5) is 0. The zero-order valence-electron chi connectivity index (χ0n) is 3.72. The Kier molecular flexibility index (Phi) is 24.3. The van der Waals surface area contributed by atoms with Gasteiger partial charge in [-0.05, 0) is 12.2 Å². The van der Waals surface area contributed by atoms with Crippen LogP contribution in [0.2, 0.25) is 0 Å². The second-order valence-electron chi connectivity index (χ2n) is 0.549. The van der Waals surface area contributed by atoms with E-state index in [4.69, 9.17) is 15.6 Å². The minimum absolute atomic E-state index is 0.125. The first-order valence-corrected chi connectivity index (χ1v) is 1.99. The summed E-state index contributed by atoms with van der Waals surface area (Å²) in [5.74, 6) is 0. The van der Waals surface area contributed by atoms with E-state index in [1.165, 1.54) is 0 Å². The molecule has 3 N–H and O–H groups in total. The number of hydrogen-bond donors (Lipinski definition) is 3. The van der Waals surface area contributed by atoms with Gasteiger partial charge in [0, 0.05) is 0 Å². The molecule has 0 aromatic rings. The number of aliphatic hydroxyl groups is 2. The molecule has 42 valence electrons. The van der Waals surface area contributed by atoms with Crippen molar-refractivity contribution in [2.75, 3.05) is 13.2 Å². The van der Waals surface area contributed by atoms with E-state index in [1.54, 1.807) is 5.16 Å². The van der Waals surface area contributed by atoms with Crippen LogP contribution in [0.15, 0.2) is 0 Å². The lowest BCUT2D eigenvalue weighted by Gasteiger charge is -1.70. The summed E-state index contributed by atoms with van der Waals surface area (Å²) >= 11 is 3.81. The lowest BCUT2D eigenvalue weighted by molar-refractivity contribution is 0.186. The first-order valence-electron chi connectivity index (χ1n) is 1.59. The van der Waals surface area contributed by atoms with Crippen LogP contribution in [-0.2, 0) is 0 Å². The Balaban J connectivity index is 0. The summed E-state index contributed by atoms with van der Waals surface area (Å²) < 4.78 is 0. The van der Waals surface area contributed by atoms with Crippen molar-refractivity contribution in [3.05, 3.63) is 0 Å². The number of aliphatic hydroxyl groups excluding tert-OH is 2. The molecule has 0 unspecified atom stereocenters. The number of hydrogen-bond acceptors (Lipinski definition) is 4. The monoisotopic (exact) mass is 121 g/mol. The molecule has 0 aliphatic heterocycles. The molecule has 0 rings (SSSR count). The Hall–Kier alpha value is -0.280. The van der Waals surface area contributed by atoms with Crippen molar-refractivity contribution >= 4 is 17.4 Å². The van der Waals surface area contributed by atoms with Gasteiger partial charge in [0.25, 0.3) is 0 Å². The average Bonchev–Trinajstić information content (AvgIpc) is 1.69. The van der Waals surface area contributed by atoms with Crippen molar-refractivity contribution in [2.24, 2.45) is 0 Å². The highest BCUT2D eigenvalue weighted by atomic mass is 32.1. The topological polar surface area (TPSA) is 64.3 Å². The van der Waals surface area contributed by atoms with Gasteiger partial charge in [-0.3, -0.25) is 0 Å². The molecular formula is C3H7NO2S. The van der Waals surface area contributed by atoms with E-state index in [0.29, 0.717) is 0 Å². The quantitative estimate of drug-likeness (QED) is 0.328. The van der Waals surface area contributed by atoms with Gasteiger partial charge in [0.05, 0.1) is 18.4 Å². The van der Waals surface area contributed by atoms with Crippen molar-refractivity contribution < 1.29 is 10.2 Å². The molecule has 0 atom stereocenters. The summed E-state index contributed by atoms with van der Waals surface area (Å²) in [5.41, 5.74) is 0. The maximum absolute atomic E-state index is 7.62. The normalized spacial score (nSPS) is 5.43. The first kappa shape index (κ1) is 9.87. The third-order valence-corrected chi connectivity index (χ3v) is 0.1000. The molecule has 0 saturated carbocycles. The van der Waals surface area contributed by atoms with Gasteiger partial charge in [-0.2, -0.15) is 0 Å². The summed E-state index contributed by atoms with van der Waals surface area (Å²) in [6.45, 7) is -0.250. The lowest BCUT2D eigenvalue weighted by atomic mass is 10.8. The van der Waals surface area contributed by atoms with Crippen LogP contribution >= 0.6 is 12.2 Å². The van der Waals surface area contributed by atoms with Crippen molar-refractivity contribution in [2.45, 2.75) is 0 Å². The predicted molar refractivity (Wildman–Crippen MR) is 29.5 cm³/mol. The van der Waals surface area contributed by atoms with Crippen molar-refractivity contribution in [1.29, 1.82) is 5.41 Å². The summed E-state index contributed by atoms with van der Waals surface area (Å²) in [6, 6.07) is 0. The highest BCUT2D eigenvalue weighted by molar-refractivity contribution is 7.78. The molecular weight excluding hydrogens is 114 g/mol. The highest BCUT2D eigenvalue weighted by Crippen LogP contribution is 1.39. The number of rotatable bonds is 1. The minimum Gasteiger partial charge on any atom is -0.394 e. The Labute approximate surface area is 47.1 Å². The van der Waals surface area contributed by atoms with Gasteiger partial charge in [-0.25, -0.2) is 5.41 Å². The highest BCUT2D eigenvalue weighted by Gasteiger charge is 1.58. The maximum Gasteiger partial charge on any atom is 0.0662 e. The molecule has 0 heterocycles. The SMILES string of the molecule is N=C=S.OCCO. The zero-order chi connectivity index (χ0) is 6.12. The van der Waals surface area contributed by atoms with Crippen LogP contribution in [0.1, 0.15) is 0 Å². The van der Waals surface area contributed by atoms with E-state index in [-0.39, 0.29) is 13.2 Å². The molecule has 0 aliphatic carbocycles. The zero-order valence-corrected chi connectivity index (χ0v) is 4.53. The third-order valence-electron chi connectivity index (χ3n) is 0.1000. The van der Waals surface area contributed by atoms with Crippen LogP contribution < -0.4 is 0 Å². The van der Waals surface area contributed by atoms with Crippen LogP contribution in [0, 0.1) is 5.41 Å². The molecule has 0 bridgehead atoms. The van der Waals surface area contributed by atoms with Crippen LogP contribution in [0.5, 0.6) is 0 Å². The molecule has 0 aliphatic rings. The smallest absolute Gasteiger partial charge is 0.0662 e. The molecule has 0 radical (unpaired) electrons. The van der Waals surface area contributed by atoms with Crippen molar-refractivity contribution in [3.63, 3.8) is 0 Å². The number of nitrogens with one attached hydrogen (secondary N) is 1. The van der Waals surface area contributed by atoms with Gasteiger partial charge in [0.15, 0.2) is 0 Å². The van der Waals surface area contributed by atoms with E-state index in [0.717, 1.165) is 0 Å². The second kappa shape index (κ2) is 17.2. The van der Waals surface area contributed by atoms with Gasteiger partial charge < -0.3 is 10.2 Å². The average molecular weight is 121 g/mol. The van der Waals surface area contributed by atoms with Crippen molar-refractivity contribution in [1.82, 2.24) is 0 Å². The number of thiocarbonyl (C=S) groups is 1. The fourth-order valence-corrected chi connectivity index (χ4v) is 0. The summed E-state index contributed by atoms with van der Waals surface area (Å²) in [6.07, 6.45) is 0. The van der Waals surface area contributed by atoms with Crippen molar-refractivity contribution in [3.8, 4) is 0 Å². The lowest BCUT2D eigenvalue weighted by Crippen LogP contribution is -1.85. The van der Waals surface area contributed by atoms with Crippen LogP contribution in [0.25, 0.3) is 0 Å². The first-order chi connectivity index (χ1) is 3.33. The Morgan fingerprint density at radius 2 is 1.57 bits per heavy atom. The largest absolute Gasteiger partial charge is 0.394 e. The van der Waals surface area contributed by atoms with Gasteiger partial charge in [-0.1, -0.05) is 0 Å². The van der Waals surface area contributed by atoms with Gasteiger partial charge in [0.2, 0.25) is 0 Å². The number of isothiocyanates is 1. The van der Waals surface area contributed by atoms with E-state index in [1.807, 2.05) is 0 Å². The molecule has 3 nitrogen and oxygen atoms in total. The fraction of sp³-hybridized carbons (Fsp3) is 0.667. The third kappa shape index (κ3) is 153. The van der Waals surface area contributed by atoms with E-state index in [9.17, 15) is 0 Å². The molecule has 0 spiro atoms. The van der Waals surface area contributed by atoms with Crippen LogP contribution in [-0.4, -0.2) is 28.6 Å². The maximum atomic E-state index is 7.62. The van der Waals surface area contributed by atoms with E-state index >= 15 is 0 Å². The predicted octanol–water partition coefficient (Wildman–Crippen LogP) is -0.361.